The summed E-state index contributed by atoms with van der Waals surface area (Å²) in [6.45, 7) is 2.96. The summed E-state index contributed by atoms with van der Waals surface area (Å²) in [6.07, 6.45) is 7.86. The first kappa shape index (κ1) is 20.6. The molecule has 2 N–H and O–H groups in total. The Labute approximate surface area is 176 Å². The maximum Gasteiger partial charge on any atom is 0.245 e. The van der Waals surface area contributed by atoms with Gasteiger partial charge in [-0.25, -0.2) is 0 Å². The van der Waals surface area contributed by atoms with Gasteiger partial charge in [0.15, 0.2) is 5.58 Å². The molecular formula is C22H30ClN3O3. The van der Waals surface area contributed by atoms with E-state index in [0.717, 1.165) is 67.9 Å². The number of aromatic nitrogens is 1. The van der Waals surface area contributed by atoms with Crippen LogP contribution in [-0.2, 0) is 4.79 Å². The summed E-state index contributed by atoms with van der Waals surface area (Å²) >= 11 is 6.05. The molecule has 7 heteroatoms. The molecule has 1 saturated carbocycles. The number of benzene rings is 1. The number of carbonyl (C=O) groups is 1. The molecule has 1 aliphatic heterocycles. The maximum atomic E-state index is 11.3. The number of likely N-dealkylation sites (tertiary alicyclic amines) is 1. The van der Waals surface area contributed by atoms with Crippen molar-refractivity contribution < 1.29 is 14.4 Å². The number of hydrogen-bond acceptors (Lipinski definition) is 5. The molecule has 0 atom stereocenters. The highest BCUT2D eigenvalue weighted by molar-refractivity contribution is 6.31. The van der Waals surface area contributed by atoms with Crippen LogP contribution in [0.2, 0.25) is 5.02 Å². The van der Waals surface area contributed by atoms with E-state index in [1.54, 1.807) is 0 Å². The third-order valence-electron chi connectivity index (χ3n) is 6.65. The lowest BCUT2D eigenvalue weighted by Crippen LogP contribution is -2.39. The Morgan fingerprint density at radius 2 is 1.97 bits per heavy atom. The summed E-state index contributed by atoms with van der Waals surface area (Å²) < 4.78 is 5.49. The molecule has 1 aliphatic carbocycles. The first-order valence-corrected chi connectivity index (χ1v) is 11.2. The Hall–Kier alpha value is -1.63. The number of piperidine rings is 1. The number of hydrogen-bond donors (Lipinski definition) is 2. The summed E-state index contributed by atoms with van der Waals surface area (Å²) in [5.41, 5.74) is 1.86. The van der Waals surface area contributed by atoms with Gasteiger partial charge in [0.1, 0.15) is 6.61 Å². The van der Waals surface area contributed by atoms with Crippen LogP contribution >= 0.6 is 11.6 Å². The molecule has 0 radical (unpaired) electrons. The van der Waals surface area contributed by atoms with Crippen LogP contribution in [0.4, 0.5) is 0 Å². The molecule has 6 nitrogen and oxygen atoms in total. The van der Waals surface area contributed by atoms with Crippen molar-refractivity contribution in [3.63, 3.8) is 0 Å². The number of nitrogens with one attached hydrogen (secondary N) is 1. The molecule has 0 unspecified atom stereocenters. The van der Waals surface area contributed by atoms with Crippen LogP contribution in [0, 0.1) is 5.92 Å². The highest BCUT2D eigenvalue weighted by Gasteiger charge is 2.26. The van der Waals surface area contributed by atoms with E-state index in [1.807, 2.05) is 18.2 Å². The van der Waals surface area contributed by atoms with Crippen LogP contribution < -0.4 is 5.32 Å². The topological polar surface area (TPSA) is 78.6 Å². The molecule has 2 aliphatic rings. The van der Waals surface area contributed by atoms with Crippen molar-refractivity contribution in [1.82, 2.24) is 15.4 Å². The Kier molecular flexibility index (Phi) is 6.73. The van der Waals surface area contributed by atoms with E-state index in [0.29, 0.717) is 10.9 Å². The number of fused-ring (bicyclic) bond motifs is 1. The van der Waals surface area contributed by atoms with Gasteiger partial charge in [-0.3, -0.25) is 4.79 Å². The fraction of sp³-hybridized carbons (Fsp3) is 0.636. The number of aliphatic hydroxyl groups is 1. The van der Waals surface area contributed by atoms with Gasteiger partial charge in [-0.1, -0.05) is 16.8 Å². The van der Waals surface area contributed by atoms with E-state index in [-0.39, 0.29) is 11.9 Å². The zero-order chi connectivity index (χ0) is 20.2. The largest absolute Gasteiger partial charge is 0.387 e. The van der Waals surface area contributed by atoms with E-state index in [4.69, 9.17) is 21.2 Å². The number of rotatable bonds is 6. The highest BCUT2D eigenvalue weighted by atomic mass is 35.5. The van der Waals surface area contributed by atoms with Gasteiger partial charge in [0.05, 0.1) is 5.69 Å². The zero-order valence-corrected chi connectivity index (χ0v) is 17.5. The first-order valence-electron chi connectivity index (χ1n) is 10.8. The summed E-state index contributed by atoms with van der Waals surface area (Å²) in [7, 11) is 0. The van der Waals surface area contributed by atoms with Gasteiger partial charge >= 0.3 is 0 Å². The Bertz CT molecular complexity index is 824. The maximum absolute atomic E-state index is 11.3. The minimum atomic E-state index is -0.409. The predicted octanol–water partition coefficient (Wildman–Crippen LogP) is 3.72. The van der Waals surface area contributed by atoms with Crippen molar-refractivity contribution in [1.29, 1.82) is 0 Å². The normalized spacial score (nSPS) is 24.1. The summed E-state index contributed by atoms with van der Waals surface area (Å²) in [5.74, 6) is 0.956. The van der Waals surface area contributed by atoms with Crippen molar-refractivity contribution in [2.75, 3.05) is 26.2 Å². The van der Waals surface area contributed by atoms with Gasteiger partial charge in [-0.2, -0.15) is 0 Å². The second-order valence-electron chi connectivity index (χ2n) is 8.56. The van der Waals surface area contributed by atoms with Gasteiger partial charge in [0, 0.05) is 28.4 Å². The Morgan fingerprint density at radius 1 is 1.21 bits per heavy atom. The first-order chi connectivity index (χ1) is 14.1. The van der Waals surface area contributed by atoms with Crippen LogP contribution in [0.25, 0.3) is 11.0 Å². The average Bonchev–Trinajstić information content (AvgIpc) is 3.16. The predicted molar refractivity (Wildman–Crippen MR) is 113 cm³/mol. The van der Waals surface area contributed by atoms with Crippen molar-refractivity contribution in [2.45, 2.75) is 56.9 Å². The second-order valence-corrected chi connectivity index (χ2v) is 8.99. The third-order valence-corrected chi connectivity index (χ3v) is 6.88. The van der Waals surface area contributed by atoms with Crippen molar-refractivity contribution in [3.8, 4) is 0 Å². The van der Waals surface area contributed by atoms with Gasteiger partial charge in [-0.15, -0.1) is 0 Å². The van der Waals surface area contributed by atoms with E-state index in [9.17, 15) is 4.79 Å². The molecule has 158 valence electrons. The monoisotopic (exact) mass is 419 g/mol. The molecule has 4 rings (SSSR count). The summed E-state index contributed by atoms with van der Waals surface area (Å²) in [5, 5.41) is 17.9. The molecule has 1 aromatic heterocycles. The van der Waals surface area contributed by atoms with Crippen molar-refractivity contribution in [2.24, 2.45) is 5.92 Å². The molecule has 0 spiro atoms. The lowest BCUT2D eigenvalue weighted by Gasteiger charge is -2.34. The smallest absolute Gasteiger partial charge is 0.245 e. The molecule has 2 heterocycles. The minimum Gasteiger partial charge on any atom is -0.387 e. The molecule has 29 heavy (non-hydrogen) atoms. The van der Waals surface area contributed by atoms with Gasteiger partial charge in [0.2, 0.25) is 5.91 Å². The van der Waals surface area contributed by atoms with Crippen LogP contribution in [0.3, 0.4) is 0 Å². The van der Waals surface area contributed by atoms with Crippen molar-refractivity contribution in [3.05, 3.63) is 28.9 Å². The van der Waals surface area contributed by atoms with Crippen LogP contribution in [0.5, 0.6) is 0 Å². The molecular weight excluding hydrogens is 390 g/mol. The molecule has 1 amide bonds. The van der Waals surface area contributed by atoms with E-state index in [2.05, 4.69) is 15.4 Å². The number of halogens is 1. The number of amides is 1. The summed E-state index contributed by atoms with van der Waals surface area (Å²) in [4.78, 5) is 13.9. The molecule has 1 aromatic carbocycles. The fourth-order valence-electron chi connectivity index (χ4n) is 4.89. The third kappa shape index (κ3) is 5.11. The molecule has 2 aromatic rings. The minimum absolute atomic E-state index is 0.244. The molecule has 1 saturated heterocycles. The lowest BCUT2D eigenvalue weighted by molar-refractivity contribution is -0.124. The average molecular weight is 420 g/mol. The lowest BCUT2D eigenvalue weighted by atomic mass is 9.83. The Morgan fingerprint density at radius 3 is 2.69 bits per heavy atom. The van der Waals surface area contributed by atoms with Crippen LogP contribution in [-0.4, -0.2) is 53.4 Å². The van der Waals surface area contributed by atoms with Crippen LogP contribution in [0.15, 0.2) is 22.7 Å². The zero-order valence-electron chi connectivity index (χ0n) is 16.8. The Balaban J connectivity index is 1.20. The quantitative estimate of drug-likeness (QED) is 0.746. The van der Waals surface area contributed by atoms with E-state index < -0.39 is 6.61 Å². The summed E-state index contributed by atoms with van der Waals surface area (Å²) in [6, 6.07) is 6.01. The number of nitrogens with zero attached hydrogens (tertiary/aromatic N) is 2. The van der Waals surface area contributed by atoms with Crippen LogP contribution in [0.1, 0.15) is 56.6 Å². The second kappa shape index (κ2) is 9.45. The van der Waals surface area contributed by atoms with Gasteiger partial charge in [0.25, 0.3) is 0 Å². The molecule has 2 fully saturated rings. The fourth-order valence-corrected chi connectivity index (χ4v) is 5.05. The number of carbonyl (C=O) groups excluding carboxylic acids is 1. The van der Waals surface area contributed by atoms with Crippen molar-refractivity contribution >= 4 is 28.5 Å². The SMILES string of the molecule is O=C(CO)N[C@H]1CC[C@H](CCN2CCC(c3noc4cc(Cl)ccc34)CC2)CC1. The highest BCUT2D eigenvalue weighted by Crippen LogP contribution is 2.34. The number of aliphatic hydroxyl groups excluding tert-OH is 1. The van der Waals surface area contributed by atoms with Gasteiger partial charge in [-0.05, 0) is 82.6 Å². The standard InChI is InChI=1S/C22H30ClN3O3/c23-17-3-6-19-20(13-17)29-25-22(19)16-8-11-26(12-9-16)10-7-15-1-4-18(5-2-15)24-21(28)14-27/h3,6,13,15-16,18,27H,1-2,4-5,7-12,14H2,(H,24,28)/t15-,18-. The van der Waals surface area contributed by atoms with E-state index in [1.165, 1.54) is 19.3 Å². The molecule has 0 bridgehead atoms. The van der Waals surface area contributed by atoms with Gasteiger partial charge < -0.3 is 19.8 Å². The van der Waals surface area contributed by atoms with E-state index >= 15 is 0 Å².